The first-order valence-electron chi connectivity index (χ1n) is 10.7. The van der Waals surface area contributed by atoms with E-state index in [1.54, 1.807) is 0 Å². The van der Waals surface area contributed by atoms with Crippen molar-refractivity contribution in [3.8, 4) is 11.5 Å². The summed E-state index contributed by atoms with van der Waals surface area (Å²) >= 11 is 12.4. The smallest absolute Gasteiger partial charge is 0.221 e. The third-order valence-corrected chi connectivity index (χ3v) is 6.29. The number of aromatic nitrogens is 1. The van der Waals surface area contributed by atoms with Crippen molar-refractivity contribution in [2.45, 2.75) is 18.4 Å². The molecule has 0 saturated heterocycles. The maximum absolute atomic E-state index is 13.0. The van der Waals surface area contributed by atoms with Gasteiger partial charge in [-0.3, -0.25) is 4.79 Å². The molecule has 1 aliphatic heterocycles. The molecule has 0 saturated carbocycles. The molecule has 7 heteroatoms. The predicted molar refractivity (Wildman–Crippen MR) is 131 cm³/mol. The van der Waals surface area contributed by atoms with Crippen molar-refractivity contribution in [2.75, 3.05) is 13.2 Å². The minimum Gasteiger partial charge on any atom is -0.486 e. The molecule has 0 radical (unpaired) electrons. The Morgan fingerprint density at radius 1 is 1.03 bits per heavy atom. The second kappa shape index (κ2) is 9.38. The lowest BCUT2D eigenvalue weighted by Crippen LogP contribution is -2.41. The molecule has 2 N–H and O–H groups in total. The van der Waals surface area contributed by atoms with Crippen LogP contribution in [0.15, 0.2) is 72.9 Å². The Labute approximate surface area is 201 Å². The molecule has 3 aromatic carbocycles. The van der Waals surface area contributed by atoms with Crippen molar-refractivity contribution in [3.63, 3.8) is 0 Å². The van der Waals surface area contributed by atoms with Gasteiger partial charge < -0.3 is 19.8 Å². The largest absolute Gasteiger partial charge is 0.486 e. The average Bonchev–Trinajstić information content (AvgIpc) is 3.24. The second-order valence-corrected chi connectivity index (χ2v) is 8.92. The van der Waals surface area contributed by atoms with Crippen molar-refractivity contribution >= 4 is 40.0 Å². The van der Waals surface area contributed by atoms with E-state index in [2.05, 4.69) is 10.3 Å². The zero-order valence-electron chi connectivity index (χ0n) is 17.7. The van der Waals surface area contributed by atoms with Crippen LogP contribution in [0.3, 0.4) is 0 Å². The molecule has 5 rings (SSSR count). The first-order chi connectivity index (χ1) is 16.1. The highest BCUT2D eigenvalue weighted by Crippen LogP contribution is 2.35. The number of hydrogen-bond acceptors (Lipinski definition) is 3. The van der Waals surface area contributed by atoms with Crippen LogP contribution >= 0.6 is 23.2 Å². The molecule has 0 bridgehead atoms. The van der Waals surface area contributed by atoms with Crippen LogP contribution in [0, 0.1) is 0 Å². The van der Waals surface area contributed by atoms with Crippen molar-refractivity contribution < 1.29 is 14.3 Å². The van der Waals surface area contributed by atoms with Crippen LogP contribution in [0.1, 0.15) is 23.5 Å². The normalized spacial score (nSPS) is 15.9. The van der Waals surface area contributed by atoms with Gasteiger partial charge in [0.1, 0.15) is 12.7 Å². The number of hydrogen-bond donors (Lipinski definition) is 2. The van der Waals surface area contributed by atoms with Gasteiger partial charge in [-0.1, -0.05) is 47.5 Å². The Morgan fingerprint density at radius 3 is 2.61 bits per heavy atom. The number of benzene rings is 3. The average molecular weight is 481 g/mol. The molecule has 168 valence electrons. The Hall–Kier alpha value is -3.15. The van der Waals surface area contributed by atoms with Gasteiger partial charge in [-0.05, 0) is 53.6 Å². The van der Waals surface area contributed by atoms with Crippen molar-refractivity contribution in [1.29, 1.82) is 0 Å². The Bertz CT molecular complexity index is 1290. The van der Waals surface area contributed by atoms with E-state index in [4.69, 9.17) is 32.7 Å². The van der Waals surface area contributed by atoms with Crippen molar-refractivity contribution in [3.05, 3.63) is 94.1 Å². The monoisotopic (exact) mass is 480 g/mol. The summed E-state index contributed by atoms with van der Waals surface area (Å²) in [6.07, 6.45) is 1.97. The number of carbonyl (C=O) groups is 1. The molecule has 1 aliphatic rings. The Kier molecular flexibility index (Phi) is 6.16. The number of carbonyl (C=O) groups excluding carboxylic acids is 1. The van der Waals surface area contributed by atoms with Crippen LogP contribution in [0.4, 0.5) is 0 Å². The lowest BCUT2D eigenvalue weighted by molar-refractivity contribution is -0.121. The summed E-state index contributed by atoms with van der Waals surface area (Å²) in [5.41, 5.74) is 2.98. The highest BCUT2D eigenvalue weighted by atomic mass is 35.5. The minimum atomic E-state index is -0.246. The van der Waals surface area contributed by atoms with E-state index >= 15 is 0 Å². The molecule has 1 amide bonds. The van der Waals surface area contributed by atoms with Crippen LogP contribution in [0.5, 0.6) is 11.5 Å². The van der Waals surface area contributed by atoms with Crippen LogP contribution in [0.2, 0.25) is 10.0 Å². The van der Waals surface area contributed by atoms with Gasteiger partial charge in [0.15, 0.2) is 11.5 Å². The van der Waals surface area contributed by atoms with E-state index in [0.717, 1.165) is 27.8 Å². The highest BCUT2D eigenvalue weighted by Gasteiger charge is 2.24. The molecule has 5 nitrogen and oxygen atoms in total. The van der Waals surface area contributed by atoms with E-state index in [9.17, 15) is 4.79 Å². The predicted octanol–water partition coefficient (Wildman–Crippen LogP) is 5.95. The molecule has 33 heavy (non-hydrogen) atoms. The number of ether oxygens (including phenoxy) is 2. The number of para-hydroxylation sites is 2. The van der Waals surface area contributed by atoms with Gasteiger partial charge in [-0.25, -0.2) is 0 Å². The highest BCUT2D eigenvalue weighted by molar-refractivity contribution is 6.31. The molecular weight excluding hydrogens is 459 g/mol. The number of H-pyrrole nitrogens is 1. The van der Waals surface area contributed by atoms with Gasteiger partial charge in [-0.2, -0.15) is 0 Å². The molecule has 0 unspecified atom stereocenters. The maximum Gasteiger partial charge on any atom is 0.221 e. The van der Waals surface area contributed by atoms with Crippen LogP contribution < -0.4 is 14.8 Å². The van der Waals surface area contributed by atoms with Gasteiger partial charge >= 0.3 is 0 Å². The summed E-state index contributed by atoms with van der Waals surface area (Å²) in [6.45, 7) is 0.749. The van der Waals surface area contributed by atoms with Gasteiger partial charge in [0, 0.05) is 39.5 Å². The fourth-order valence-corrected chi connectivity index (χ4v) is 4.45. The molecule has 0 fully saturated rings. The number of fused-ring (bicyclic) bond motifs is 2. The zero-order valence-corrected chi connectivity index (χ0v) is 19.2. The lowest BCUT2D eigenvalue weighted by Gasteiger charge is -2.26. The second-order valence-electron chi connectivity index (χ2n) is 8.04. The zero-order chi connectivity index (χ0) is 22.8. The Balaban J connectivity index is 1.33. The summed E-state index contributed by atoms with van der Waals surface area (Å²) in [5, 5.41) is 5.31. The Morgan fingerprint density at radius 2 is 1.79 bits per heavy atom. The van der Waals surface area contributed by atoms with Gasteiger partial charge in [-0.15, -0.1) is 0 Å². The fraction of sp³-hybridized carbons (Fsp3) is 0.192. The van der Waals surface area contributed by atoms with Gasteiger partial charge in [0.25, 0.3) is 0 Å². The number of amides is 1. The molecule has 2 heterocycles. The molecule has 2 atom stereocenters. The van der Waals surface area contributed by atoms with Crippen LogP contribution in [-0.4, -0.2) is 30.1 Å². The van der Waals surface area contributed by atoms with Crippen molar-refractivity contribution in [1.82, 2.24) is 10.3 Å². The quantitative estimate of drug-likeness (QED) is 0.358. The SMILES string of the molecule is O=C(C[C@H](c1ccc(Cl)cc1)c1c[nH]c2ccc(Cl)cc12)NC[C@H]1COc2ccccc2O1. The summed E-state index contributed by atoms with van der Waals surface area (Å²) < 4.78 is 11.7. The molecular formula is C26H22Cl2N2O3. The number of halogens is 2. The molecule has 0 aliphatic carbocycles. The number of rotatable bonds is 6. The molecule has 4 aromatic rings. The van der Waals surface area contributed by atoms with E-state index in [-0.39, 0.29) is 24.3 Å². The molecule has 0 spiro atoms. The lowest BCUT2D eigenvalue weighted by atomic mass is 9.88. The third kappa shape index (κ3) is 4.80. The van der Waals surface area contributed by atoms with Crippen LogP contribution in [0.25, 0.3) is 10.9 Å². The summed E-state index contributed by atoms with van der Waals surface area (Å²) in [7, 11) is 0. The van der Waals surface area contributed by atoms with E-state index in [0.29, 0.717) is 28.9 Å². The fourth-order valence-electron chi connectivity index (χ4n) is 4.15. The van der Waals surface area contributed by atoms with E-state index < -0.39 is 0 Å². The topological polar surface area (TPSA) is 63.4 Å². The number of nitrogens with one attached hydrogen (secondary N) is 2. The third-order valence-electron chi connectivity index (χ3n) is 5.81. The van der Waals surface area contributed by atoms with Gasteiger partial charge in [0.05, 0.1) is 6.54 Å². The summed E-state index contributed by atoms with van der Waals surface area (Å²) in [4.78, 5) is 16.3. The molecule has 1 aromatic heterocycles. The van der Waals surface area contributed by atoms with Crippen molar-refractivity contribution in [2.24, 2.45) is 0 Å². The minimum absolute atomic E-state index is 0.0752. The summed E-state index contributed by atoms with van der Waals surface area (Å²) in [5.74, 6) is 1.17. The summed E-state index contributed by atoms with van der Waals surface area (Å²) in [6, 6.07) is 20.8. The number of aromatic amines is 1. The standard InChI is InChI=1S/C26H22Cl2N2O3/c27-17-7-5-16(6-8-17)20(22-14-29-23-10-9-18(28)11-21(22)23)12-26(31)30-13-19-15-32-24-3-1-2-4-25(24)33-19/h1-11,14,19-20,29H,12-13,15H2,(H,30,31)/t19-,20+/m0/s1. The first kappa shape index (κ1) is 21.7. The van der Waals surface area contributed by atoms with Gasteiger partial charge in [0.2, 0.25) is 5.91 Å². The maximum atomic E-state index is 13.0. The van der Waals surface area contributed by atoms with E-state index in [1.165, 1.54) is 0 Å². The first-order valence-corrected chi connectivity index (χ1v) is 11.5. The van der Waals surface area contributed by atoms with E-state index in [1.807, 2.05) is 72.9 Å². The van der Waals surface area contributed by atoms with Crippen LogP contribution in [-0.2, 0) is 4.79 Å².